The highest BCUT2D eigenvalue weighted by Crippen LogP contribution is 2.35. The SMILES string of the molecule is CC(C)(C)Oc1ccc(CNC(=O)C2CSCN2)c(C(F)(F)F)c1. The fourth-order valence-corrected chi connectivity index (χ4v) is 3.20. The topological polar surface area (TPSA) is 50.4 Å². The largest absolute Gasteiger partial charge is 0.488 e. The van der Waals surface area contributed by atoms with Gasteiger partial charge in [0.15, 0.2) is 0 Å². The predicted octanol–water partition coefficient (Wildman–Crippen LogP) is 3.16. The summed E-state index contributed by atoms with van der Waals surface area (Å²) in [6.07, 6.45) is -4.52. The first-order chi connectivity index (χ1) is 11.1. The summed E-state index contributed by atoms with van der Waals surface area (Å²) in [4.78, 5) is 11.9. The number of hydrogen-bond acceptors (Lipinski definition) is 4. The number of thioether (sulfide) groups is 1. The van der Waals surface area contributed by atoms with E-state index >= 15 is 0 Å². The molecule has 2 rings (SSSR count). The molecule has 4 nitrogen and oxygen atoms in total. The van der Waals surface area contributed by atoms with E-state index in [0.29, 0.717) is 11.6 Å². The molecule has 1 aliphatic rings. The van der Waals surface area contributed by atoms with Crippen LogP contribution < -0.4 is 15.4 Å². The Morgan fingerprint density at radius 2 is 2.08 bits per heavy atom. The first-order valence-electron chi connectivity index (χ1n) is 7.54. The van der Waals surface area contributed by atoms with Crippen molar-refractivity contribution >= 4 is 17.7 Å². The molecule has 8 heteroatoms. The van der Waals surface area contributed by atoms with E-state index in [4.69, 9.17) is 4.74 Å². The van der Waals surface area contributed by atoms with E-state index in [1.807, 2.05) is 0 Å². The molecule has 0 spiro atoms. The number of rotatable bonds is 4. The summed E-state index contributed by atoms with van der Waals surface area (Å²) in [6.45, 7) is 5.12. The van der Waals surface area contributed by atoms with Crippen LogP contribution in [0.25, 0.3) is 0 Å². The van der Waals surface area contributed by atoms with Gasteiger partial charge >= 0.3 is 6.18 Å². The number of nitrogens with one attached hydrogen (secondary N) is 2. The van der Waals surface area contributed by atoms with E-state index < -0.39 is 17.3 Å². The van der Waals surface area contributed by atoms with Gasteiger partial charge in [0.2, 0.25) is 5.91 Å². The van der Waals surface area contributed by atoms with Crippen LogP contribution in [0.5, 0.6) is 5.75 Å². The Balaban J connectivity index is 2.14. The van der Waals surface area contributed by atoms with Crippen molar-refractivity contribution in [1.82, 2.24) is 10.6 Å². The van der Waals surface area contributed by atoms with Gasteiger partial charge in [-0.15, -0.1) is 11.8 Å². The molecular weight excluding hydrogens is 341 g/mol. The van der Waals surface area contributed by atoms with Gasteiger partial charge in [0.1, 0.15) is 11.4 Å². The van der Waals surface area contributed by atoms with Gasteiger partial charge in [-0.25, -0.2) is 0 Å². The van der Waals surface area contributed by atoms with Gasteiger partial charge in [-0.2, -0.15) is 13.2 Å². The molecule has 1 unspecified atom stereocenters. The summed E-state index contributed by atoms with van der Waals surface area (Å²) in [5, 5.41) is 5.55. The number of alkyl halides is 3. The Morgan fingerprint density at radius 3 is 2.62 bits per heavy atom. The molecule has 0 aromatic heterocycles. The molecule has 0 bridgehead atoms. The van der Waals surface area contributed by atoms with Crippen molar-refractivity contribution < 1.29 is 22.7 Å². The lowest BCUT2D eigenvalue weighted by Crippen LogP contribution is -2.41. The van der Waals surface area contributed by atoms with Gasteiger partial charge in [-0.05, 0) is 38.5 Å². The zero-order chi connectivity index (χ0) is 18.0. The first kappa shape index (κ1) is 18.9. The second-order valence-corrected chi connectivity index (χ2v) is 7.55. The summed E-state index contributed by atoms with van der Waals surface area (Å²) in [6, 6.07) is 3.47. The van der Waals surface area contributed by atoms with E-state index in [1.54, 1.807) is 32.5 Å². The molecule has 0 saturated carbocycles. The minimum Gasteiger partial charge on any atom is -0.488 e. The number of halogens is 3. The number of carbonyl (C=O) groups is 1. The molecule has 134 valence electrons. The third-order valence-corrected chi connectivity index (χ3v) is 4.24. The Morgan fingerprint density at radius 1 is 1.38 bits per heavy atom. The third-order valence-electron chi connectivity index (χ3n) is 3.30. The molecular formula is C16H21F3N2O2S. The van der Waals surface area contributed by atoms with Crippen molar-refractivity contribution in [3.05, 3.63) is 29.3 Å². The fourth-order valence-electron chi connectivity index (χ4n) is 2.26. The van der Waals surface area contributed by atoms with Crippen LogP contribution in [0.3, 0.4) is 0 Å². The fraction of sp³-hybridized carbons (Fsp3) is 0.562. The molecule has 0 radical (unpaired) electrons. The highest BCUT2D eigenvalue weighted by Gasteiger charge is 2.34. The Kier molecular flexibility index (Phi) is 5.70. The molecule has 1 aromatic rings. The number of hydrogen-bond donors (Lipinski definition) is 2. The number of amides is 1. The number of benzene rings is 1. The number of carbonyl (C=O) groups excluding carboxylic acids is 1. The molecule has 0 aliphatic carbocycles. The quantitative estimate of drug-likeness (QED) is 0.864. The van der Waals surface area contributed by atoms with Gasteiger partial charge in [-0.1, -0.05) is 6.07 Å². The van der Waals surface area contributed by atoms with E-state index in [2.05, 4.69) is 10.6 Å². The van der Waals surface area contributed by atoms with Gasteiger partial charge < -0.3 is 10.1 Å². The maximum Gasteiger partial charge on any atom is 0.416 e. The second-order valence-electron chi connectivity index (χ2n) is 6.52. The molecule has 1 fully saturated rings. The van der Waals surface area contributed by atoms with Crippen molar-refractivity contribution in [1.29, 1.82) is 0 Å². The van der Waals surface area contributed by atoms with E-state index in [1.165, 1.54) is 12.1 Å². The smallest absolute Gasteiger partial charge is 0.416 e. The Hall–Kier alpha value is -1.41. The van der Waals surface area contributed by atoms with Crippen LogP contribution in [0.4, 0.5) is 13.2 Å². The van der Waals surface area contributed by atoms with Crippen LogP contribution in [0.2, 0.25) is 0 Å². The maximum atomic E-state index is 13.3. The van der Waals surface area contributed by atoms with Gasteiger partial charge in [0.05, 0.1) is 11.6 Å². The first-order valence-corrected chi connectivity index (χ1v) is 8.70. The van der Waals surface area contributed by atoms with Crippen LogP contribution in [0, 0.1) is 0 Å². The summed E-state index contributed by atoms with van der Waals surface area (Å²) in [5.74, 6) is 1.16. The Bertz CT molecular complexity index is 594. The summed E-state index contributed by atoms with van der Waals surface area (Å²) < 4.78 is 45.4. The van der Waals surface area contributed by atoms with Gasteiger partial charge in [0, 0.05) is 18.2 Å². The summed E-state index contributed by atoms with van der Waals surface area (Å²) in [7, 11) is 0. The summed E-state index contributed by atoms with van der Waals surface area (Å²) >= 11 is 1.58. The standard InChI is InChI=1S/C16H21F3N2O2S/c1-15(2,3)23-11-5-4-10(12(6-11)16(17,18)19)7-20-14(22)13-8-24-9-21-13/h4-6,13,21H,7-9H2,1-3H3,(H,20,22). The van der Waals surface area contributed by atoms with Gasteiger partial charge in [0.25, 0.3) is 0 Å². The monoisotopic (exact) mass is 362 g/mol. The minimum absolute atomic E-state index is 0.0164. The Labute approximate surface area is 143 Å². The highest BCUT2D eigenvalue weighted by atomic mass is 32.2. The minimum atomic E-state index is -4.52. The number of ether oxygens (including phenoxy) is 1. The molecule has 1 aliphatic heterocycles. The van der Waals surface area contributed by atoms with Crippen LogP contribution in [-0.4, -0.2) is 29.2 Å². The predicted molar refractivity (Wildman–Crippen MR) is 87.9 cm³/mol. The van der Waals surface area contributed by atoms with Crippen molar-refractivity contribution in [2.45, 2.75) is 45.1 Å². The van der Waals surface area contributed by atoms with Crippen LogP contribution in [0.15, 0.2) is 18.2 Å². The van der Waals surface area contributed by atoms with Crippen molar-refractivity contribution in [3.63, 3.8) is 0 Å². The van der Waals surface area contributed by atoms with E-state index in [-0.39, 0.29) is 29.8 Å². The zero-order valence-corrected chi connectivity index (χ0v) is 14.6. The molecule has 1 saturated heterocycles. The average Bonchev–Trinajstić information content (AvgIpc) is 2.97. The van der Waals surface area contributed by atoms with Crippen molar-refractivity contribution in [3.8, 4) is 5.75 Å². The molecule has 1 aromatic carbocycles. The van der Waals surface area contributed by atoms with Crippen LogP contribution in [0.1, 0.15) is 31.9 Å². The second kappa shape index (κ2) is 7.23. The molecule has 1 amide bonds. The normalized spacial score (nSPS) is 18.5. The molecule has 24 heavy (non-hydrogen) atoms. The van der Waals surface area contributed by atoms with Crippen LogP contribution in [-0.2, 0) is 17.5 Å². The molecule has 2 N–H and O–H groups in total. The van der Waals surface area contributed by atoms with E-state index in [9.17, 15) is 18.0 Å². The third kappa shape index (κ3) is 5.31. The van der Waals surface area contributed by atoms with Crippen molar-refractivity contribution in [2.24, 2.45) is 0 Å². The van der Waals surface area contributed by atoms with Crippen molar-refractivity contribution in [2.75, 3.05) is 11.6 Å². The van der Waals surface area contributed by atoms with Gasteiger partial charge in [-0.3, -0.25) is 10.1 Å². The highest BCUT2D eigenvalue weighted by molar-refractivity contribution is 7.99. The zero-order valence-electron chi connectivity index (χ0n) is 13.8. The lowest BCUT2D eigenvalue weighted by atomic mass is 10.1. The lowest BCUT2D eigenvalue weighted by molar-refractivity contribution is -0.138. The lowest BCUT2D eigenvalue weighted by Gasteiger charge is -2.23. The molecule has 1 atom stereocenters. The summed E-state index contributed by atoms with van der Waals surface area (Å²) in [5.41, 5.74) is -1.37. The van der Waals surface area contributed by atoms with E-state index in [0.717, 1.165) is 6.07 Å². The molecule has 1 heterocycles. The average molecular weight is 362 g/mol. The maximum absolute atomic E-state index is 13.3. The van der Waals surface area contributed by atoms with Crippen LogP contribution >= 0.6 is 11.8 Å².